The van der Waals surface area contributed by atoms with Gasteiger partial charge in [0.2, 0.25) is 0 Å². The second-order valence-corrected chi connectivity index (χ2v) is 4.53. The molecule has 20 heavy (non-hydrogen) atoms. The van der Waals surface area contributed by atoms with Crippen molar-refractivity contribution in [2.45, 2.75) is 26.3 Å². The molecule has 0 aliphatic heterocycles. The number of carbonyl (C=O) groups is 2. The first-order chi connectivity index (χ1) is 9.43. The van der Waals surface area contributed by atoms with Gasteiger partial charge in [0.15, 0.2) is 6.61 Å². The van der Waals surface area contributed by atoms with Crippen molar-refractivity contribution in [3.8, 4) is 5.75 Å². The van der Waals surface area contributed by atoms with E-state index in [0.717, 1.165) is 11.1 Å². The molecule has 0 saturated carbocycles. The fraction of sp³-hybridized carbons (Fsp3) is 0.429. The van der Waals surface area contributed by atoms with Crippen molar-refractivity contribution in [2.24, 2.45) is 0 Å². The third kappa shape index (κ3) is 4.89. The predicted molar refractivity (Wildman–Crippen MR) is 72.7 cm³/mol. The van der Waals surface area contributed by atoms with Gasteiger partial charge < -0.3 is 20.3 Å². The number of amides is 1. The zero-order chi connectivity index (χ0) is 15.1. The van der Waals surface area contributed by atoms with E-state index < -0.39 is 17.9 Å². The number of aliphatic hydroxyl groups excluding tert-OH is 1. The third-order valence-electron chi connectivity index (χ3n) is 2.75. The number of benzene rings is 1. The summed E-state index contributed by atoms with van der Waals surface area (Å²) >= 11 is 0. The second kappa shape index (κ2) is 7.49. The van der Waals surface area contributed by atoms with Crippen LogP contribution in [0.15, 0.2) is 18.2 Å². The molecular formula is C14H19NO5. The Morgan fingerprint density at radius 2 is 2.05 bits per heavy atom. The molecule has 0 radical (unpaired) electrons. The minimum Gasteiger partial charge on any atom is -0.483 e. The second-order valence-electron chi connectivity index (χ2n) is 4.53. The van der Waals surface area contributed by atoms with E-state index in [4.69, 9.17) is 14.9 Å². The van der Waals surface area contributed by atoms with Gasteiger partial charge in [0.1, 0.15) is 11.8 Å². The van der Waals surface area contributed by atoms with E-state index in [9.17, 15) is 9.59 Å². The first-order valence-electron chi connectivity index (χ1n) is 6.27. The quantitative estimate of drug-likeness (QED) is 0.681. The van der Waals surface area contributed by atoms with E-state index in [2.05, 4.69) is 5.32 Å². The van der Waals surface area contributed by atoms with Gasteiger partial charge in [0.25, 0.3) is 5.91 Å². The Labute approximate surface area is 117 Å². The van der Waals surface area contributed by atoms with Crippen LogP contribution in [0.5, 0.6) is 5.75 Å². The first-order valence-corrected chi connectivity index (χ1v) is 6.27. The summed E-state index contributed by atoms with van der Waals surface area (Å²) in [6.45, 7) is 3.20. The van der Waals surface area contributed by atoms with Gasteiger partial charge in [-0.1, -0.05) is 12.1 Å². The lowest BCUT2D eigenvalue weighted by molar-refractivity contribution is -0.142. The summed E-state index contributed by atoms with van der Waals surface area (Å²) in [4.78, 5) is 22.5. The molecule has 1 aromatic rings. The van der Waals surface area contributed by atoms with Crippen LogP contribution in [0.3, 0.4) is 0 Å². The lowest BCUT2D eigenvalue weighted by Crippen LogP contribution is -2.43. The van der Waals surface area contributed by atoms with Crippen molar-refractivity contribution >= 4 is 11.9 Å². The van der Waals surface area contributed by atoms with E-state index in [1.807, 2.05) is 32.0 Å². The molecule has 3 N–H and O–H groups in total. The zero-order valence-electron chi connectivity index (χ0n) is 11.5. The number of carbonyl (C=O) groups excluding carboxylic acids is 1. The number of hydrogen-bond donors (Lipinski definition) is 3. The minimum atomic E-state index is -1.18. The molecule has 0 spiro atoms. The number of aliphatic carboxylic acids is 1. The maximum atomic E-state index is 11.6. The molecule has 0 heterocycles. The van der Waals surface area contributed by atoms with Crippen LogP contribution in [0.4, 0.5) is 0 Å². The fourth-order valence-corrected chi connectivity index (χ4v) is 1.63. The standard InChI is InChI=1S/C14H19NO5/c1-9-3-4-10(2)12(7-9)20-8-13(17)15-11(5-6-16)14(18)19/h3-4,7,11,16H,5-6,8H2,1-2H3,(H,15,17)(H,18,19)/t11-/m1/s1. The molecule has 1 atom stereocenters. The number of ether oxygens (including phenoxy) is 1. The SMILES string of the molecule is Cc1ccc(C)c(OCC(=O)N[C@H](CCO)C(=O)O)c1. The molecule has 0 aromatic heterocycles. The third-order valence-corrected chi connectivity index (χ3v) is 2.75. The number of carboxylic acid groups (broad SMARTS) is 1. The molecule has 1 amide bonds. The molecule has 6 heteroatoms. The van der Waals surface area contributed by atoms with Gasteiger partial charge in [-0.2, -0.15) is 0 Å². The number of carboxylic acids is 1. The molecule has 0 aliphatic rings. The van der Waals surface area contributed by atoms with Crippen LogP contribution in [0.2, 0.25) is 0 Å². The summed E-state index contributed by atoms with van der Waals surface area (Å²) in [5, 5.41) is 19.9. The topological polar surface area (TPSA) is 95.9 Å². The Hall–Kier alpha value is -2.08. The van der Waals surface area contributed by atoms with Crippen LogP contribution in [-0.4, -0.2) is 41.3 Å². The molecule has 0 fully saturated rings. The molecule has 0 saturated heterocycles. The zero-order valence-corrected chi connectivity index (χ0v) is 11.5. The van der Waals surface area contributed by atoms with Gasteiger partial charge in [0.05, 0.1) is 0 Å². The highest BCUT2D eigenvalue weighted by molar-refractivity contribution is 5.84. The molecule has 1 aromatic carbocycles. The Bertz CT molecular complexity index is 486. The highest BCUT2D eigenvalue weighted by Gasteiger charge is 2.19. The number of aryl methyl sites for hydroxylation is 2. The Morgan fingerprint density at radius 3 is 2.65 bits per heavy atom. The molecule has 6 nitrogen and oxygen atoms in total. The Kier molecular flexibility index (Phi) is 5.99. The van der Waals surface area contributed by atoms with Gasteiger partial charge in [-0.25, -0.2) is 4.79 Å². The summed E-state index contributed by atoms with van der Waals surface area (Å²) in [7, 11) is 0. The highest BCUT2D eigenvalue weighted by Crippen LogP contribution is 2.18. The lowest BCUT2D eigenvalue weighted by Gasteiger charge is -2.14. The lowest BCUT2D eigenvalue weighted by atomic mass is 10.1. The molecule has 0 unspecified atom stereocenters. The highest BCUT2D eigenvalue weighted by atomic mass is 16.5. The van der Waals surface area contributed by atoms with Crippen LogP contribution >= 0.6 is 0 Å². The Morgan fingerprint density at radius 1 is 1.35 bits per heavy atom. The average molecular weight is 281 g/mol. The van der Waals surface area contributed by atoms with Gasteiger partial charge in [-0.05, 0) is 31.0 Å². The largest absolute Gasteiger partial charge is 0.483 e. The van der Waals surface area contributed by atoms with Gasteiger partial charge in [-0.15, -0.1) is 0 Å². The van der Waals surface area contributed by atoms with E-state index in [1.165, 1.54) is 0 Å². The summed E-state index contributed by atoms with van der Waals surface area (Å²) < 4.78 is 5.37. The summed E-state index contributed by atoms with van der Waals surface area (Å²) in [5.41, 5.74) is 1.91. The van der Waals surface area contributed by atoms with E-state index >= 15 is 0 Å². The van der Waals surface area contributed by atoms with Gasteiger partial charge >= 0.3 is 5.97 Å². The number of hydrogen-bond acceptors (Lipinski definition) is 4. The van der Waals surface area contributed by atoms with E-state index in [-0.39, 0.29) is 19.6 Å². The average Bonchev–Trinajstić information content (AvgIpc) is 2.39. The van der Waals surface area contributed by atoms with Crippen molar-refractivity contribution in [2.75, 3.05) is 13.2 Å². The van der Waals surface area contributed by atoms with Crippen molar-refractivity contribution in [1.82, 2.24) is 5.32 Å². The van der Waals surface area contributed by atoms with E-state index in [1.54, 1.807) is 0 Å². The fourth-order valence-electron chi connectivity index (χ4n) is 1.63. The Balaban J connectivity index is 2.54. The van der Waals surface area contributed by atoms with Gasteiger partial charge in [0, 0.05) is 13.0 Å². The number of aliphatic hydroxyl groups is 1. The minimum absolute atomic E-state index is 0.0372. The first kappa shape index (κ1) is 16.0. The molecule has 0 bridgehead atoms. The molecule has 110 valence electrons. The van der Waals surface area contributed by atoms with Crippen molar-refractivity contribution < 1.29 is 24.5 Å². The van der Waals surface area contributed by atoms with E-state index in [0.29, 0.717) is 5.75 Å². The molecular weight excluding hydrogens is 262 g/mol. The monoisotopic (exact) mass is 281 g/mol. The summed E-state index contributed by atoms with van der Waals surface area (Å²) in [5.74, 6) is -1.12. The van der Waals surface area contributed by atoms with Crippen LogP contribution < -0.4 is 10.1 Å². The molecule has 1 rings (SSSR count). The normalized spacial score (nSPS) is 11.8. The molecule has 0 aliphatic carbocycles. The maximum Gasteiger partial charge on any atom is 0.326 e. The van der Waals surface area contributed by atoms with Crippen molar-refractivity contribution in [3.05, 3.63) is 29.3 Å². The predicted octanol–water partition coefficient (Wildman–Crippen LogP) is 0.634. The van der Waals surface area contributed by atoms with Crippen molar-refractivity contribution in [1.29, 1.82) is 0 Å². The van der Waals surface area contributed by atoms with Crippen molar-refractivity contribution in [3.63, 3.8) is 0 Å². The maximum absolute atomic E-state index is 11.6. The van der Waals surface area contributed by atoms with Crippen LogP contribution in [0.1, 0.15) is 17.5 Å². The number of rotatable bonds is 7. The smallest absolute Gasteiger partial charge is 0.326 e. The van der Waals surface area contributed by atoms with Crippen LogP contribution in [-0.2, 0) is 9.59 Å². The summed E-state index contributed by atoms with van der Waals surface area (Å²) in [6.07, 6.45) is -0.0372. The number of nitrogens with one attached hydrogen (secondary N) is 1. The van der Waals surface area contributed by atoms with Gasteiger partial charge in [-0.3, -0.25) is 4.79 Å². The van der Waals surface area contributed by atoms with Crippen LogP contribution in [0.25, 0.3) is 0 Å². The van der Waals surface area contributed by atoms with Crippen LogP contribution in [0, 0.1) is 13.8 Å². The summed E-state index contributed by atoms with van der Waals surface area (Å²) in [6, 6.07) is 4.53.